The van der Waals surface area contributed by atoms with E-state index < -0.39 is 11.8 Å². The van der Waals surface area contributed by atoms with E-state index in [0.29, 0.717) is 47.8 Å². The SMILES string of the molecule is CC1(C)CC(=O)C2C(=NC(COCCN)=C(C#N)C2c2cnccc2Cl)C1. The van der Waals surface area contributed by atoms with Gasteiger partial charge in [0.1, 0.15) is 5.78 Å². The monoisotopic (exact) mass is 386 g/mol. The van der Waals surface area contributed by atoms with Crippen LogP contribution in [-0.4, -0.2) is 36.2 Å². The summed E-state index contributed by atoms with van der Waals surface area (Å²) in [5.74, 6) is -0.874. The summed E-state index contributed by atoms with van der Waals surface area (Å²) < 4.78 is 5.55. The van der Waals surface area contributed by atoms with Crippen LogP contribution in [0.3, 0.4) is 0 Å². The minimum absolute atomic E-state index is 0.0876. The molecule has 0 radical (unpaired) electrons. The van der Waals surface area contributed by atoms with Crippen molar-refractivity contribution in [3.8, 4) is 6.07 Å². The quantitative estimate of drug-likeness (QED) is 0.783. The Labute approximate surface area is 164 Å². The molecule has 6 nitrogen and oxygen atoms in total. The van der Waals surface area contributed by atoms with Crippen LogP contribution >= 0.6 is 11.6 Å². The van der Waals surface area contributed by atoms with Crippen LogP contribution in [0.2, 0.25) is 5.02 Å². The summed E-state index contributed by atoms with van der Waals surface area (Å²) in [6.45, 7) is 5.06. The maximum atomic E-state index is 13.0. The second kappa shape index (κ2) is 7.89. The molecule has 1 aliphatic heterocycles. The molecule has 2 heterocycles. The van der Waals surface area contributed by atoms with Crippen molar-refractivity contribution in [1.29, 1.82) is 5.26 Å². The molecule has 0 amide bonds. The first-order valence-electron chi connectivity index (χ1n) is 8.98. The number of aromatic nitrogens is 1. The molecule has 1 aromatic rings. The van der Waals surface area contributed by atoms with E-state index in [1.54, 1.807) is 18.5 Å². The average molecular weight is 387 g/mol. The number of Topliss-reactive ketones (excluding diaryl/α,β-unsaturated/α-hetero) is 1. The van der Waals surface area contributed by atoms with Gasteiger partial charge in [0.05, 0.1) is 36.5 Å². The number of nitriles is 1. The lowest BCUT2D eigenvalue weighted by molar-refractivity contribution is -0.124. The Morgan fingerprint density at radius 1 is 1.41 bits per heavy atom. The highest BCUT2D eigenvalue weighted by Crippen LogP contribution is 2.47. The van der Waals surface area contributed by atoms with E-state index in [4.69, 9.17) is 27.1 Å². The Bertz CT molecular complexity index is 854. The van der Waals surface area contributed by atoms with Gasteiger partial charge in [-0.1, -0.05) is 25.4 Å². The number of carbonyl (C=O) groups is 1. The second-order valence-corrected chi connectivity index (χ2v) is 8.16. The van der Waals surface area contributed by atoms with Crippen LogP contribution in [0.15, 0.2) is 34.7 Å². The molecule has 2 aliphatic rings. The number of ether oxygens (including phenoxy) is 1. The molecule has 142 valence electrons. The van der Waals surface area contributed by atoms with Crippen LogP contribution < -0.4 is 5.73 Å². The van der Waals surface area contributed by atoms with Gasteiger partial charge in [-0.15, -0.1) is 0 Å². The number of fused-ring (bicyclic) bond motifs is 1. The Morgan fingerprint density at radius 3 is 2.85 bits per heavy atom. The zero-order valence-electron chi connectivity index (χ0n) is 15.5. The van der Waals surface area contributed by atoms with E-state index >= 15 is 0 Å². The maximum Gasteiger partial charge on any atom is 0.143 e. The molecule has 1 aromatic heterocycles. The molecule has 2 atom stereocenters. The molecule has 2 unspecified atom stereocenters. The van der Waals surface area contributed by atoms with Gasteiger partial charge in [-0.2, -0.15) is 5.26 Å². The van der Waals surface area contributed by atoms with Gasteiger partial charge in [0, 0.05) is 42.0 Å². The first-order valence-corrected chi connectivity index (χ1v) is 9.36. The predicted molar refractivity (Wildman–Crippen MR) is 103 cm³/mol. The standard InChI is InChI=1S/C20H23ClN4O2/c1-20(2)7-15-19(17(26)8-20)18(13-10-24-5-3-14(13)21)12(9-23)16(25-15)11-27-6-4-22/h3,5,10,18-19H,4,6-8,11,22H2,1-2H3. The highest BCUT2D eigenvalue weighted by atomic mass is 35.5. The smallest absolute Gasteiger partial charge is 0.143 e. The second-order valence-electron chi connectivity index (χ2n) is 7.75. The van der Waals surface area contributed by atoms with Crippen LogP contribution in [0.25, 0.3) is 0 Å². The number of rotatable bonds is 5. The number of pyridine rings is 1. The summed E-state index contributed by atoms with van der Waals surface area (Å²) in [5, 5.41) is 10.4. The van der Waals surface area contributed by atoms with Crippen LogP contribution in [0, 0.1) is 22.7 Å². The van der Waals surface area contributed by atoms with E-state index in [2.05, 4.69) is 24.9 Å². The number of ketones is 1. The van der Waals surface area contributed by atoms with Crippen LogP contribution in [0.1, 0.15) is 38.2 Å². The number of carbonyl (C=O) groups excluding carboxylic acids is 1. The summed E-state index contributed by atoms with van der Waals surface area (Å²) >= 11 is 6.42. The van der Waals surface area contributed by atoms with Crippen molar-refractivity contribution in [2.75, 3.05) is 19.8 Å². The fourth-order valence-electron chi connectivity index (χ4n) is 3.95. The summed E-state index contributed by atoms with van der Waals surface area (Å²) in [7, 11) is 0. The number of hydrogen-bond donors (Lipinski definition) is 1. The summed E-state index contributed by atoms with van der Waals surface area (Å²) in [4.78, 5) is 21.9. The van der Waals surface area contributed by atoms with Gasteiger partial charge in [0.2, 0.25) is 0 Å². The van der Waals surface area contributed by atoms with Gasteiger partial charge in [-0.25, -0.2) is 0 Å². The van der Waals surface area contributed by atoms with E-state index in [1.807, 2.05) is 0 Å². The lowest BCUT2D eigenvalue weighted by Crippen LogP contribution is -2.43. The molecule has 0 spiro atoms. The van der Waals surface area contributed by atoms with Gasteiger partial charge < -0.3 is 10.5 Å². The van der Waals surface area contributed by atoms with Gasteiger partial charge in [0.25, 0.3) is 0 Å². The summed E-state index contributed by atoms with van der Waals surface area (Å²) in [6, 6.07) is 3.93. The molecule has 1 saturated carbocycles. The third-order valence-corrected chi connectivity index (χ3v) is 5.35. The van der Waals surface area contributed by atoms with Crippen molar-refractivity contribution in [2.24, 2.45) is 22.1 Å². The fraction of sp³-hybridized carbons (Fsp3) is 0.500. The van der Waals surface area contributed by atoms with Crippen molar-refractivity contribution in [2.45, 2.75) is 32.6 Å². The third kappa shape index (κ3) is 3.96. The zero-order valence-corrected chi connectivity index (χ0v) is 16.3. The molecule has 1 fully saturated rings. The van der Waals surface area contributed by atoms with E-state index in [9.17, 15) is 10.1 Å². The number of aliphatic imine (C=N–C) groups is 1. The number of allylic oxidation sites excluding steroid dienone is 1. The number of hydrogen-bond acceptors (Lipinski definition) is 6. The van der Waals surface area contributed by atoms with Crippen molar-refractivity contribution >= 4 is 23.1 Å². The number of halogens is 1. The van der Waals surface area contributed by atoms with Crippen molar-refractivity contribution in [3.63, 3.8) is 0 Å². The number of nitrogens with zero attached hydrogens (tertiary/aromatic N) is 3. The van der Waals surface area contributed by atoms with Crippen LogP contribution in [-0.2, 0) is 9.53 Å². The molecule has 2 N–H and O–H groups in total. The molecular weight excluding hydrogens is 364 g/mol. The Balaban J connectivity index is 2.13. The van der Waals surface area contributed by atoms with Crippen LogP contribution in [0.4, 0.5) is 0 Å². The summed E-state index contributed by atoms with van der Waals surface area (Å²) in [6.07, 6.45) is 4.37. The highest BCUT2D eigenvalue weighted by molar-refractivity contribution is 6.31. The molecule has 0 saturated heterocycles. The van der Waals surface area contributed by atoms with Gasteiger partial charge >= 0.3 is 0 Å². The van der Waals surface area contributed by atoms with Gasteiger partial charge in [-0.3, -0.25) is 14.8 Å². The first kappa shape index (κ1) is 19.7. The molecule has 7 heteroatoms. The topological polar surface area (TPSA) is 101 Å². The zero-order chi connectivity index (χ0) is 19.6. The van der Waals surface area contributed by atoms with E-state index in [1.165, 1.54) is 0 Å². The average Bonchev–Trinajstić information content (AvgIpc) is 2.60. The molecule has 27 heavy (non-hydrogen) atoms. The van der Waals surface area contributed by atoms with Gasteiger partial charge in [-0.05, 0) is 23.5 Å². The molecule has 0 aromatic carbocycles. The third-order valence-electron chi connectivity index (χ3n) is 5.00. The first-order chi connectivity index (χ1) is 12.9. The van der Waals surface area contributed by atoms with E-state index in [0.717, 1.165) is 5.71 Å². The molecule has 1 aliphatic carbocycles. The Morgan fingerprint density at radius 2 is 2.19 bits per heavy atom. The Kier molecular flexibility index (Phi) is 5.75. The van der Waals surface area contributed by atoms with Crippen LogP contribution in [0.5, 0.6) is 0 Å². The highest BCUT2D eigenvalue weighted by Gasteiger charge is 2.47. The molecular formula is C20H23ClN4O2. The lowest BCUT2D eigenvalue weighted by atomic mass is 9.63. The minimum atomic E-state index is -0.483. The van der Waals surface area contributed by atoms with Gasteiger partial charge in [0.15, 0.2) is 0 Å². The number of nitrogens with two attached hydrogens (primary N) is 1. The lowest BCUT2D eigenvalue weighted by Gasteiger charge is -2.40. The Hall–Kier alpha value is -2.07. The van der Waals surface area contributed by atoms with E-state index in [-0.39, 0.29) is 17.8 Å². The van der Waals surface area contributed by atoms with Crippen molar-refractivity contribution < 1.29 is 9.53 Å². The predicted octanol–water partition coefficient (Wildman–Crippen LogP) is 3.03. The largest absolute Gasteiger partial charge is 0.374 e. The normalized spacial score (nSPS) is 24.3. The molecule has 0 bridgehead atoms. The minimum Gasteiger partial charge on any atom is -0.374 e. The summed E-state index contributed by atoms with van der Waals surface area (Å²) in [5.41, 5.74) is 7.78. The van der Waals surface area contributed by atoms with Crippen molar-refractivity contribution in [3.05, 3.63) is 40.3 Å². The fourth-order valence-corrected chi connectivity index (χ4v) is 4.17. The maximum absolute atomic E-state index is 13.0. The molecule has 3 rings (SSSR count). The van der Waals surface area contributed by atoms with Crippen molar-refractivity contribution in [1.82, 2.24) is 4.98 Å².